The van der Waals surface area contributed by atoms with Crippen LogP contribution in [0.2, 0.25) is 0 Å². The number of piperidine rings is 1. The molecule has 3 heterocycles. The van der Waals surface area contributed by atoms with Gasteiger partial charge in [-0.1, -0.05) is 16.7 Å². The van der Waals surface area contributed by atoms with Crippen LogP contribution in [0.1, 0.15) is 36.9 Å². The lowest BCUT2D eigenvalue weighted by atomic mass is 10.1. The van der Waals surface area contributed by atoms with Gasteiger partial charge in [0.15, 0.2) is 5.82 Å². The highest BCUT2D eigenvalue weighted by Gasteiger charge is 2.21. The highest BCUT2D eigenvalue weighted by Crippen LogP contribution is 2.22. The summed E-state index contributed by atoms with van der Waals surface area (Å²) in [6.45, 7) is 4.77. The molecule has 0 amide bonds. The van der Waals surface area contributed by atoms with Gasteiger partial charge in [0.25, 0.3) is 5.89 Å². The summed E-state index contributed by atoms with van der Waals surface area (Å²) in [7, 11) is 0. The van der Waals surface area contributed by atoms with Crippen molar-refractivity contribution in [3.8, 4) is 11.5 Å². The molecule has 1 atom stereocenters. The lowest BCUT2D eigenvalue weighted by Crippen LogP contribution is -2.36. The molecule has 0 saturated carbocycles. The average molecular weight is 277 g/mol. The summed E-state index contributed by atoms with van der Waals surface area (Å²) in [5.74, 6) is 1.60. The van der Waals surface area contributed by atoms with Gasteiger partial charge in [0, 0.05) is 6.54 Å². The molecule has 1 saturated heterocycles. The molecule has 0 bridgehead atoms. The maximum atomic E-state index is 6.16. The minimum absolute atomic E-state index is 0.231. The standard InChI is InChI=1S/C13H19N5O2/c1-9-10(7-15-19-9)13-16-12(17-20-13)11(14)8-18-5-3-2-4-6-18/h7,11H,2-6,8,14H2,1H3. The summed E-state index contributed by atoms with van der Waals surface area (Å²) in [6.07, 6.45) is 5.36. The van der Waals surface area contributed by atoms with Crippen molar-refractivity contribution in [2.75, 3.05) is 19.6 Å². The van der Waals surface area contributed by atoms with Crippen LogP contribution in [0.4, 0.5) is 0 Å². The van der Waals surface area contributed by atoms with E-state index < -0.39 is 0 Å². The molecule has 1 unspecified atom stereocenters. The van der Waals surface area contributed by atoms with Crippen LogP contribution >= 0.6 is 0 Å². The molecule has 108 valence electrons. The van der Waals surface area contributed by atoms with E-state index in [1.54, 1.807) is 13.1 Å². The van der Waals surface area contributed by atoms with Gasteiger partial charge >= 0.3 is 0 Å². The molecular weight excluding hydrogens is 258 g/mol. The third kappa shape index (κ3) is 2.73. The van der Waals surface area contributed by atoms with Crippen molar-refractivity contribution in [3.05, 3.63) is 17.8 Å². The van der Waals surface area contributed by atoms with Gasteiger partial charge in [0.05, 0.1) is 12.2 Å². The quantitative estimate of drug-likeness (QED) is 0.905. The molecular formula is C13H19N5O2. The van der Waals surface area contributed by atoms with Crippen LogP contribution in [0, 0.1) is 6.92 Å². The molecule has 2 aromatic rings. The van der Waals surface area contributed by atoms with Gasteiger partial charge < -0.3 is 19.7 Å². The number of aromatic nitrogens is 3. The second-order valence-electron chi connectivity index (χ2n) is 5.22. The topological polar surface area (TPSA) is 94.2 Å². The van der Waals surface area contributed by atoms with Gasteiger partial charge in [0.2, 0.25) is 0 Å². The highest BCUT2D eigenvalue weighted by molar-refractivity contribution is 5.53. The van der Waals surface area contributed by atoms with E-state index in [-0.39, 0.29) is 6.04 Å². The van der Waals surface area contributed by atoms with Crippen molar-refractivity contribution >= 4 is 0 Å². The van der Waals surface area contributed by atoms with E-state index in [2.05, 4.69) is 20.2 Å². The van der Waals surface area contributed by atoms with Crippen molar-refractivity contribution in [3.63, 3.8) is 0 Å². The van der Waals surface area contributed by atoms with Gasteiger partial charge in [-0.3, -0.25) is 0 Å². The first-order chi connectivity index (χ1) is 9.74. The smallest absolute Gasteiger partial charge is 0.263 e. The van der Waals surface area contributed by atoms with Crippen LogP contribution < -0.4 is 5.73 Å². The van der Waals surface area contributed by atoms with E-state index in [4.69, 9.17) is 14.8 Å². The van der Waals surface area contributed by atoms with Crippen LogP contribution in [-0.2, 0) is 0 Å². The normalized spacial score (nSPS) is 18.3. The van der Waals surface area contributed by atoms with E-state index in [0.29, 0.717) is 23.0 Å². The van der Waals surface area contributed by atoms with E-state index in [9.17, 15) is 0 Å². The van der Waals surface area contributed by atoms with Crippen LogP contribution in [0.3, 0.4) is 0 Å². The number of hydrogen-bond donors (Lipinski definition) is 1. The summed E-state index contributed by atoms with van der Waals surface area (Å²) in [5, 5.41) is 7.68. The Morgan fingerprint density at radius 3 is 2.80 bits per heavy atom. The molecule has 1 aliphatic rings. The Morgan fingerprint density at radius 1 is 1.30 bits per heavy atom. The molecule has 3 rings (SSSR count). The highest BCUT2D eigenvalue weighted by atomic mass is 16.5. The first kappa shape index (κ1) is 13.3. The molecule has 1 fully saturated rings. The zero-order chi connectivity index (χ0) is 13.9. The van der Waals surface area contributed by atoms with Crippen LogP contribution in [-0.4, -0.2) is 39.8 Å². The predicted molar refractivity (Wildman–Crippen MR) is 71.8 cm³/mol. The number of nitrogens with two attached hydrogens (primary N) is 1. The van der Waals surface area contributed by atoms with Crippen LogP contribution in [0.25, 0.3) is 11.5 Å². The molecule has 0 aliphatic carbocycles. The minimum atomic E-state index is -0.231. The van der Waals surface area contributed by atoms with Gasteiger partial charge in [-0.05, 0) is 32.9 Å². The summed E-state index contributed by atoms with van der Waals surface area (Å²) in [6, 6.07) is -0.231. The van der Waals surface area contributed by atoms with Gasteiger partial charge in [-0.15, -0.1) is 0 Å². The molecule has 0 spiro atoms. The maximum absolute atomic E-state index is 6.16. The monoisotopic (exact) mass is 277 g/mol. The first-order valence-electron chi connectivity index (χ1n) is 6.97. The Balaban J connectivity index is 1.68. The number of likely N-dealkylation sites (tertiary alicyclic amines) is 1. The first-order valence-corrected chi connectivity index (χ1v) is 6.97. The molecule has 2 N–H and O–H groups in total. The molecule has 7 nitrogen and oxygen atoms in total. The SMILES string of the molecule is Cc1oncc1-c1nc(C(N)CN2CCCCC2)no1. The molecule has 7 heteroatoms. The minimum Gasteiger partial charge on any atom is -0.361 e. The fraction of sp³-hybridized carbons (Fsp3) is 0.615. The Labute approximate surface area is 117 Å². The van der Waals surface area contributed by atoms with E-state index in [0.717, 1.165) is 19.6 Å². The van der Waals surface area contributed by atoms with Crippen molar-refractivity contribution in [2.45, 2.75) is 32.2 Å². The molecule has 0 radical (unpaired) electrons. The van der Waals surface area contributed by atoms with Gasteiger partial charge in [-0.25, -0.2) is 0 Å². The Morgan fingerprint density at radius 2 is 2.10 bits per heavy atom. The summed E-state index contributed by atoms with van der Waals surface area (Å²) in [5.41, 5.74) is 6.88. The second kappa shape index (κ2) is 5.72. The van der Waals surface area contributed by atoms with Crippen LogP contribution in [0.5, 0.6) is 0 Å². The van der Waals surface area contributed by atoms with Crippen molar-refractivity contribution in [1.29, 1.82) is 0 Å². The Bertz CT molecular complexity index is 559. The van der Waals surface area contributed by atoms with Crippen molar-refractivity contribution < 1.29 is 9.05 Å². The number of aryl methyl sites for hydroxylation is 1. The molecule has 0 aromatic carbocycles. The third-order valence-corrected chi connectivity index (χ3v) is 3.66. The van der Waals surface area contributed by atoms with Crippen molar-refractivity contribution in [2.24, 2.45) is 5.73 Å². The fourth-order valence-electron chi connectivity index (χ4n) is 2.50. The second-order valence-corrected chi connectivity index (χ2v) is 5.22. The largest absolute Gasteiger partial charge is 0.361 e. The predicted octanol–water partition coefficient (Wildman–Crippen LogP) is 1.52. The van der Waals surface area contributed by atoms with E-state index >= 15 is 0 Å². The molecule has 2 aromatic heterocycles. The van der Waals surface area contributed by atoms with Crippen LogP contribution in [0.15, 0.2) is 15.2 Å². The number of nitrogens with zero attached hydrogens (tertiary/aromatic N) is 4. The Hall–Kier alpha value is -1.73. The fourth-order valence-corrected chi connectivity index (χ4v) is 2.50. The zero-order valence-electron chi connectivity index (χ0n) is 11.6. The van der Waals surface area contributed by atoms with Crippen molar-refractivity contribution in [1.82, 2.24) is 20.2 Å². The van der Waals surface area contributed by atoms with E-state index in [1.807, 2.05) is 0 Å². The summed E-state index contributed by atoms with van der Waals surface area (Å²) >= 11 is 0. The van der Waals surface area contributed by atoms with Gasteiger partial charge in [0.1, 0.15) is 11.3 Å². The Kier molecular flexibility index (Phi) is 3.79. The molecule has 1 aliphatic heterocycles. The number of rotatable bonds is 4. The van der Waals surface area contributed by atoms with E-state index in [1.165, 1.54) is 19.3 Å². The summed E-state index contributed by atoms with van der Waals surface area (Å²) < 4.78 is 10.2. The third-order valence-electron chi connectivity index (χ3n) is 3.66. The lowest BCUT2D eigenvalue weighted by molar-refractivity contribution is 0.213. The zero-order valence-corrected chi connectivity index (χ0v) is 11.6. The van der Waals surface area contributed by atoms with Gasteiger partial charge in [-0.2, -0.15) is 4.98 Å². The number of hydrogen-bond acceptors (Lipinski definition) is 7. The molecule has 20 heavy (non-hydrogen) atoms. The summed E-state index contributed by atoms with van der Waals surface area (Å²) in [4.78, 5) is 6.71. The average Bonchev–Trinajstić information content (AvgIpc) is 3.08. The lowest BCUT2D eigenvalue weighted by Gasteiger charge is -2.27. The maximum Gasteiger partial charge on any atom is 0.263 e.